The Balaban J connectivity index is 1.49. The summed E-state index contributed by atoms with van der Waals surface area (Å²) in [6, 6.07) is 6.63. The second-order valence-corrected chi connectivity index (χ2v) is 5.70. The highest BCUT2D eigenvalue weighted by Gasteiger charge is 2.36. The summed E-state index contributed by atoms with van der Waals surface area (Å²) in [6.45, 7) is 4.48. The van der Waals surface area contributed by atoms with Gasteiger partial charge in [0.1, 0.15) is 19.6 Å². The van der Waals surface area contributed by atoms with Crippen LogP contribution in [0.2, 0.25) is 0 Å². The van der Waals surface area contributed by atoms with Crippen LogP contribution >= 0.6 is 0 Å². The van der Waals surface area contributed by atoms with E-state index in [-0.39, 0.29) is 12.5 Å². The molecule has 1 fully saturated rings. The van der Waals surface area contributed by atoms with E-state index in [1.165, 1.54) is 4.90 Å². The lowest BCUT2D eigenvalue weighted by Gasteiger charge is -2.23. The van der Waals surface area contributed by atoms with Gasteiger partial charge in [0.15, 0.2) is 0 Å². The van der Waals surface area contributed by atoms with E-state index in [1.807, 2.05) is 0 Å². The maximum atomic E-state index is 12.2. The van der Waals surface area contributed by atoms with E-state index in [4.69, 9.17) is 4.74 Å². The average Bonchev–Trinajstić information content (AvgIpc) is 2.81. The van der Waals surface area contributed by atoms with Crippen LogP contribution in [-0.2, 0) is 9.53 Å². The molecule has 7 nitrogen and oxygen atoms in total. The summed E-state index contributed by atoms with van der Waals surface area (Å²) in [5, 5.41) is 2.78. The predicted octanol–water partition coefficient (Wildman–Crippen LogP) is -1.69. The van der Waals surface area contributed by atoms with Gasteiger partial charge in [-0.25, -0.2) is 0 Å². The highest BCUT2D eigenvalue weighted by atomic mass is 16.5. The number of ether oxygens (including phenoxy) is 1. The molecule has 2 aliphatic rings. The first-order valence-corrected chi connectivity index (χ1v) is 7.80. The van der Waals surface area contributed by atoms with Crippen LogP contribution in [0.4, 0.5) is 0 Å². The largest absolute Gasteiger partial charge is 0.370 e. The van der Waals surface area contributed by atoms with Crippen molar-refractivity contribution in [1.82, 2.24) is 10.2 Å². The maximum Gasteiger partial charge on any atom is 0.262 e. The molecule has 7 heteroatoms. The topological polar surface area (TPSA) is 80.2 Å². The second kappa shape index (κ2) is 6.89. The molecule has 23 heavy (non-hydrogen) atoms. The normalized spacial score (nSPS) is 18.2. The Kier molecular flexibility index (Phi) is 4.68. The van der Waals surface area contributed by atoms with Crippen molar-refractivity contribution in [3.63, 3.8) is 0 Å². The van der Waals surface area contributed by atoms with Gasteiger partial charge in [-0.15, -0.1) is 0 Å². The van der Waals surface area contributed by atoms with Gasteiger partial charge in [0.2, 0.25) is 5.91 Å². The molecule has 0 unspecified atom stereocenters. The van der Waals surface area contributed by atoms with Crippen LogP contribution in [0, 0.1) is 0 Å². The van der Waals surface area contributed by atoms with Gasteiger partial charge >= 0.3 is 0 Å². The summed E-state index contributed by atoms with van der Waals surface area (Å²) < 4.78 is 5.28. The first-order valence-electron chi connectivity index (χ1n) is 7.80. The maximum absolute atomic E-state index is 12.2. The molecule has 2 N–H and O–H groups in total. The predicted molar refractivity (Wildman–Crippen MR) is 81.2 cm³/mol. The number of fused-ring (bicyclic) bond motifs is 1. The van der Waals surface area contributed by atoms with E-state index < -0.39 is 11.8 Å². The molecule has 1 saturated heterocycles. The minimum absolute atomic E-state index is 0.231. The fourth-order valence-corrected chi connectivity index (χ4v) is 2.87. The van der Waals surface area contributed by atoms with Crippen molar-refractivity contribution in [2.75, 3.05) is 45.9 Å². The van der Waals surface area contributed by atoms with Crippen LogP contribution in [-0.4, -0.2) is 68.6 Å². The Labute approximate surface area is 134 Å². The standard InChI is InChI=1S/C16H19N3O4/c20-14(17-5-6-18-7-9-23-10-8-18)11-19-15(21)12-3-1-2-4-13(12)16(19)22/h1-4H,5-11H2,(H,17,20)/p+1. The molecule has 0 bridgehead atoms. The summed E-state index contributed by atoms with van der Waals surface area (Å²) in [4.78, 5) is 38.7. The summed E-state index contributed by atoms with van der Waals surface area (Å²) in [5.74, 6) is -1.12. The first kappa shape index (κ1) is 15.6. The summed E-state index contributed by atoms with van der Waals surface area (Å²) >= 11 is 0. The Bertz CT molecular complexity index is 591. The van der Waals surface area contributed by atoms with E-state index in [0.717, 1.165) is 37.7 Å². The zero-order chi connectivity index (χ0) is 16.2. The minimum atomic E-state index is -0.403. The molecular formula is C16H20N3O4+. The van der Waals surface area contributed by atoms with Crippen molar-refractivity contribution in [1.29, 1.82) is 0 Å². The van der Waals surface area contributed by atoms with Crippen molar-refractivity contribution < 1.29 is 24.0 Å². The number of hydrogen-bond donors (Lipinski definition) is 2. The number of amides is 3. The van der Waals surface area contributed by atoms with Gasteiger partial charge in [-0.05, 0) is 12.1 Å². The molecule has 1 aromatic carbocycles. The fraction of sp³-hybridized carbons (Fsp3) is 0.438. The van der Waals surface area contributed by atoms with Gasteiger partial charge in [-0.2, -0.15) is 0 Å². The van der Waals surface area contributed by atoms with Gasteiger partial charge in [-0.1, -0.05) is 12.1 Å². The van der Waals surface area contributed by atoms with Crippen LogP contribution in [0.25, 0.3) is 0 Å². The number of nitrogens with one attached hydrogen (secondary N) is 2. The van der Waals surface area contributed by atoms with Gasteiger partial charge in [0.05, 0.1) is 37.4 Å². The van der Waals surface area contributed by atoms with E-state index in [2.05, 4.69) is 5.32 Å². The highest BCUT2D eigenvalue weighted by molar-refractivity contribution is 6.22. The number of imide groups is 1. The lowest BCUT2D eigenvalue weighted by Crippen LogP contribution is -3.14. The third-order valence-electron chi connectivity index (χ3n) is 4.18. The molecule has 0 saturated carbocycles. The summed E-state index contributed by atoms with van der Waals surface area (Å²) in [5.41, 5.74) is 0.728. The number of hydrogen-bond acceptors (Lipinski definition) is 4. The van der Waals surface area contributed by atoms with Crippen LogP contribution in [0.3, 0.4) is 0 Å². The molecule has 0 aliphatic carbocycles. The number of carbonyl (C=O) groups is 3. The molecule has 122 valence electrons. The van der Waals surface area contributed by atoms with Crippen molar-refractivity contribution in [2.24, 2.45) is 0 Å². The number of benzene rings is 1. The fourth-order valence-electron chi connectivity index (χ4n) is 2.87. The van der Waals surface area contributed by atoms with Gasteiger partial charge in [0, 0.05) is 0 Å². The van der Waals surface area contributed by atoms with E-state index in [1.54, 1.807) is 24.3 Å². The van der Waals surface area contributed by atoms with E-state index in [9.17, 15) is 14.4 Å². The molecule has 3 rings (SSSR count). The summed E-state index contributed by atoms with van der Waals surface area (Å²) in [7, 11) is 0. The SMILES string of the molecule is O=C(CN1C(=O)c2ccccc2C1=O)NCC[NH+]1CCOCC1. The van der Waals surface area contributed by atoms with Crippen LogP contribution in [0.15, 0.2) is 24.3 Å². The number of rotatable bonds is 5. The molecule has 2 aliphatic heterocycles. The molecule has 0 radical (unpaired) electrons. The number of carbonyl (C=O) groups excluding carboxylic acids is 3. The monoisotopic (exact) mass is 318 g/mol. The summed E-state index contributed by atoms with van der Waals surface area (Å²) in [6.07, 6.45) is 0. The number of quaternary nitrogens is 1. The smallest absolute Gasteiger partial charge is 0.262 e. The Morgan fingerprint density at radius 2 is 1.74 bits per heavy atom. The number of nitrogens with zero attached hydrogens (tertiary/aromatic N) is 1. The van der Waals surface area contributed by atoms with Gasteiger partial charge < -0.3 is 15.0 Å². The molecule has 0 atom stereocenters. The third-order valence-corrected chi connectivity index (χ3v) is 4.18. The lowest BCUT2D eigenvalue weighted by molar-refractivity contribution is -0.906. The zero-order valence-electron chi connectivity index (χ0n) is 12.8. The molecule has 3 amide bonds. The van der Waals surface area contributed by atoms with Gasteiger partial charge in [-0.3, -0.25) is 19.3 Å². The Morgan fingerprint density at radius 3 is 2.35 bits per heavy atom. The van der Waals surface area contributed by atoms with Crippen molar-refractivity contribution in [3.8, 4) is 0 Å². The van der Waals surface area contributed by atoms with Crippen molar-refractivity contribution >= 4 is 17.7 Å². The molecule has 0 spiro atoms. The van der Waals surface area contributed by atoms with Crippen LogP contribution in [0.1, 0.15) is 20.7 Å². The average molecular weight is 318 g/mol. The van der Waals surface area contributed by atoms with Crippen LogP contribution < -0.4 is 10.2 Å². The zero-order valence-corrected chi connectivity index (χ0v) is 12.8. The molecule has 0 aromatic heterocycles. The minimum Gasteiger partial charge on any atom is -0.370 e. The Hall–Kier alpha value is -2.25. The van der Waals surface area contributed by atoms with E-state index in [0.29, 0.717) is 17.7 Å². The quantitative estimate of drug-likeness (QED) is 0.635. The second-order valence-electron chi connectivity index (χ2n) is 5.70. The van der Waals surface area contributed by atoms with Gasteiger partial charge in [0.25, 0.3) is 11.8 Å². The molecule has 1 aromatic rings. The lowest BCUT2D eigenvalue weighted by atomic mass is 10.1. The highest BCUT2D eigenvalue weighted by Crippen LogP contribution is 2.21. The first-order chi connectivity index (χ1) is 11.2. The van der Waals surface area contributed by atoms with Crippen molar-refractivity contribution in [2.45, 2.75) is 0 Å². The third kappa shape index (κ3) is 3.40. The molecular weight excluding hydrogens is 298 g/mol. The number of morpholine rings is 1. The Morgan fingerprint density at radius 1 is 1.13 bits per heavy atom. The van der Waals surface area contributed by atoms with Crippen molar-refractivity contribution in [3.05, 3.63) is 35.4 Å². The van der Waals surface area contributed by atoms with Crippen LogP contribution in [0.5, 0.6) is 0 Å². The molecule has 2 heterocycles. The van der Waals surface area contributed by atoms with E-state index >= 15 is 0 Å².